The number of hydrogen-bond donors (Lipinski definition) is 1. The van der Waals surface area contributed by atoms with Gasteiger partial charge in [-0.25, -0.2) is 17.9 Å². The molecule has 0 spiro atoms. The molecule has 2 aromatic rings. The Morgan fingerprint density at radius 1 is 1.23 bits per heavy atom. The molecule has 1 aliphatic rings. The fourth-order valence-corrected chi connectivity index (χ4v) is 3.68. The van der Waals surface area contributed by atoms with Gasteiger partial charge in [0.15, 0.2) is 0 Å². The largest absolute Gasteiger partial charge is 0.292 e. The van der Waals surface area contributed by atoms with Gasteiger partial charge in [-0.3, -0.25) is 4.99 Å². The van der Waals surface area contributed by atoms with Gasteiger partial charge in [-0.05, 0) is 47.9 Å². The molecular weight excluding hydrogens is 353 g/mol. The second-order valence-electron chi connectivity index (χ2n) is 6.15. The van der Waals surface area contributed by atoms with Crippen LogP contribution < -0.4 is 5.14 Å². The second kappa shape index (κ2) is 6.48. The molecule has 0 saturated carbocycles. The van der Waals surface area contributed by atoms with E-state index < -0.39 is 26.2 Å². The highest BCUT2D eigenvalue weighted by Gasteiger charge is 2.34. The number of hydrogen-bond acceptors (Lipinski definition) is 4. The van der Waals surface area contributed by atoms with Crippen molar-refractivity contribution >= 4 is 16.2 Å². The number of nitrogens with two attached hydrogens (primary N) is 1. The topological polar surface area (TPSA) is 96.3 Å². The lowest BCUT2D eigenvalue weighted by molar-refractivity contribution is 0.561. The first-order valence-electron chi connectivity index (χ1n) is 7.80. The lowest BCUT2D eigenvalue weighted by Crippen LogP contribution is -2.31. The zero-order chi connectivity index (χ0) is 18.9. The predicted octanol–water partition coefficient (Wildman–Crippen LogP) is 2.58. The highest BCUT2D eigenvalue weighted by molar-refractivity contribution is 7.89. The van der Waals surface area contributed by atoms with E-state index in [9.17, 15) is 18.1 Å². The van der Waals surface area contributed by atoms with Crippen molar-refractivity contribution in [3.63, 3.8) is 0 Å². The molecule has 132 valence electrons. The third-order valence-electron chi connectivity index (χ3n) is 4.54. The number of aliphatic imine (C=N–C) groups is 1. The Labute approximate surface area is 151 Å². The normalized spacial score (nSPS) is 19.3. The number of dihydropyridines is 1. The zero-order valence-corrected chi connectivity index (χ0v) is 14.8. The van der Waals surface area contributed by atoms with Crippen molar-refractivity contribution in [1.29, 1.82) is 5.26 Å². The third-order valence-corrected chi connectivity index (χ3v) is 5.48. The minimum atomic E-state index is -4.15. The first-order chi connectivity index (χ1) is 12.3. The summed E-state index contributed by atoms with van der Waals surface area (Å²) in [5.41, 5.74) is 1.86. The fourth-order valence-electron chi connectivity index (χ4n) is 3.09. The number of halogens is 1. The predicted molar refractivity (Wildman–Crippen MR) is 96.9 cm³/mol. The summed E-state index contributed by atoms with van der Waals surface area (Å²) in [4.78, 5) is 3.75. The van der Waals surface area contributed by atoms with Gasteiger partial charge in [0.1, 0.15) is 10.7 Å². The molecule has 1 heterocycles. The molecule has 0 amide bonds. The van der Waals surface area contributed by atoms with E-state index in [4.69, 9.17) is 5.14 Å². The van der Waals surface area contributed by atoms with Crippen LogP contribution in [0.1, 0.15) is 22.3 Å². The Balaban J connectivity index is 2.22. The highest BCUT2D eigenvalue weighted by atomic mass is 32.2. The van der Waals surface area contributed by atoms with Crippen molar-refractivity contribution in [1.82, 2.24) is 0 Å². The first kappa shape index (κ1) is 18.0. The van der Waals surface area contributed by atoms with Gasteiger partial charge in [0.05, 0.1) is 23.6 Å². The maximum absolute atomic E-state index is 14.4. The van der Waals surface area contributed by atoms with E-state index in [-0.39, 0.29) is 0 Å². The fraction of sp³-hybridized carbons (Fsp3) is 0.158. The van der Waals surface area contributed by atoms with Gasteiger partial charge in [0.25, 0.3) is 0 Å². The summed E-state index contributed by atoms with van der Waals surface area (Å²) < 4.78 is 37.4. The van der Waals surface area contributed by atoms with Crippen LogP contribution in [-0.4, -0.2) is 21.2 Å². The van der Waals surface area contributed by atoms with Gasteiger partial charge in [-0.15, -0.1) is 0 Å². The summed E-state index contributed by atoms with van der Waals surface area (Å²) in [5.74, 6) is -0.917. The SMILES string of the molecule is Cc1ccc(C2(c3ccc(S(N)(=O)=O)c(F)c3)C=CC=NC2)cc1C#N. The standard InChI is InChI=1S/C19H16FN3O2S/c1-13-3-4-15(9-14(13)11-21)19(7-2-8-23-12-19)16-5-6-18(17(20)10-16)26(22,24)25/h2-10H,12H2,1H3,(H2,22,24,25). The molecule has 0 aromatic heterocycles. The van der Waals surface area contributed by atoms with Crippen LogP contribution in [0.3, 0.4) is 0 Å². The molecule has 7 heteroatoms. The van der Waals surface area contributed by atoms with Crippen molar-refractivity contribution in [3.05, 3.63) is 76.6 Å². The van der Waals surface area contributed by atoms with Gasteiger partial charge >= 0.3 is 0 Å². The van der Waals surface area contributed by atoms with Gasteiger partial charge in [-0.1, -0.05) is 24.3 Å². The maximum Gasteiger partial charge on any atom is 0.240 e. The van der Waals surface area contributed by atoms with Crippen molar-refractivity contribution < 1.29 is 12.8 Å². The molecule has 0 radical (unpaired) electrons. The van der Waals surface area contributed by atoms with Gasteiger partial charge in [0.2, 0.25) is 10.0 Å². The van der Waals surface area contributed by atoms with Crippen LogP contribution in [0, 0.1) is 24.1 Å². The minimum Gasteiger partial charge on any atom is -0.292 e. The van der Waals surface area contributed by atoms with Crippen molar-refractivity contribution in [2.75, 3.05) is 6.54 Å². The van der Waals surface area contributed by atoms with E-state index in [1.54, 1.807) is 18.4 Å². The Hall–Kier alpha value is -2.82. The van der Waals surface area contributed by atoms with Crippen molar-refractivity contribution in [2.45, 2.75) is 17.2 Å². The van der Waals surface area contributed by atoms with E-state index >= 15 is 0 Å². The number of sulfonamides is 1. The second-order valence-corrected chi connectivity index (χ2v) is 7.68. The monoisotopic (exact) mass is 369 g/mol. The number of nitriles is 1. The molecule has 2 aromatic carbocycles. The van der Waals surface area contributed by atoms with Crippen molar-refractivity contribution in [2.24, 2.45) is 10.1 Å². The quantitative estimate of drug-likeness (QED) is 0.900. The number of primary sulfonamides is 1. The van der Waals surface area contributed by atoms with Gasteiger partial charge in [-0.2, -0.15) is 5.26 Å². The summed E-state index contributed by atoms with van der Waals surface area (Å²) in [5, 5.41) is 14.4. The summed E-state index contributed by atoms with van der Waals surface area (Å²) in [6.45, 7) is 2.15. The summed E-state index contributed by atoms with van der Waals surface area (Å²) >= 11 is 0. The van der Waals surface area contributed by atoms with E-state index in [2.05, 4.69) is 11.1 Å². The molecule has 1 aliphatic heterocycles. The average molecular weight is 369 g/mol. The Kier molecular flexibility index (Phi) is 4.48. The lowest BCUT2D eigenvalue weighted by atomic mass is 9.73. The molecule has 0 bridgehead atoms. The van der Waals surface area contributed by atoms with Crippen molar-refractivity contribution in [3.8, 4) is 6.07 Å². The molecule has 26 heavy (non-hydrogen) atoms. The average Bonchev–Trinajstić information content (AvgIpc) is 2.61. The van der Waals surface area contributed by atoms with Gasteiger partial charge < -0.3 is 0 Å². The number of allylic oxidation sites excluding steroid dienone is 1. The third kappa shape index (κ3) is 3.05. The molecule has 0 saturated heterocycles. The van der Waals surface area contributed by atoms with Crippen LogP contribution in [0.25, 0.3) is 0 Å². The van der Waals surface area contributed by atoms with E-state index in [0.29, 0.717) is 17.7 Å². The molecule has 5 nitrogen and oxygen atoms in total. The molecule has 0 fully saturated rings. The smallest absolute Gasteiger partial charge is 0.240 e. The molecule has 0 aliphatic carbocycles. The van der Waals surface area contributed by atoms with Crippen LogP contribution in [-0.2, 0) is 15.4 Å². The van der Waals surface area contributed by atoms with E-state index in [1.807, 2.05) is 25.1 Å². The number of aryl methyl sites for hydroxylation is 1. The summed E-state index contributed by atoms with van der Waals surface area (Å²) in [6.07, 6.45) is 5.27. The molecule has 3 rings (SSSR count). The maximum atomic E-state index is 14.4. The number of nitrogens with zero attached hydrogens (tertiary/aromatic N) is 2. The number of rotatable bonds is 3. The van der Waals surface area contributed by atoms with Crippen LogP contribution in [0.2, 0.25) is 0 Å². The van der Waals surface area contributed by atoms with Gasteiger partial charge in [0, 0.05) is 6.21 Å². The van der Waals surface area contributed by atoms with Crippen LogP contribution in [0.15, 0.2) is 58.4 Å². The Bertz CT molecular complexity index is 1080. The first-order valence-corrected chi connectivity index (χ1v) is 9.34. The minimum absolute atomic E-state index is 0.311. The Morgan fingerprint density at radius 3 is 2.50 bits per heavy atom. The summed E-state index contributed by atoms with van der Waals surface area (Å²) in [6, 6.07) is 11.5. The van der Waals surface area contributed by atoms with E-state index in [0.717, 1.165) is 23.3 Å². The number of benzene rings is 2. The van der Waals surface area contributed by atoms with Crippen LogP contribution in [0.5, 0.6) is 0 Å². The lowest BCUT2D eigenvalue weighted by Gasteiger charge is -2.32. The molecule has 2 N–H and O–H groups in total. The molecular formula is C19H16FN3O2S. The zero-order valence-electron chi connectivity index (χ0n) is 14.0. The molecule has 1 unspecified atom stereocenters. The van der Waals surface area contributed by atoms with Crippen LogP contribution in [0.4, 0.5) is 4.39 Å². The molecule has 1 atom stereocenters. The van der Waals surface area contributed by atoms with E-state index in [1.165, 1.54) is 6.07 Å². The Morgan fingerprint density at radius 2 is 1.92 bits per heavy atom. The summed E-state index contributed by atoms with van der Waals surface area (Å²) in [7, 11) is -4.15. The van der Waals surface area contributed by atoms with Crippen LogP contribution >= 0.6 is 0 Å². The highest BCUT2D eigenvalue weighted by Crippen LogP contribution is 2.37.